The number of rotatable bonds is 5. The van der Waals surface area contributed by atoms with Crippen LogP contribution >= 0.6 is 46.6 Å². The maximum Gasteiger partial charge on any atom is 0.277 e. The topological polar surface area (TPSA) is 68.0 Å². The summed E-state index contributed by atoms with van der Waals surface area (Å²) in [7, 11) is 0. The third-order valence-corrected chi connectivity index (χ3v) is 4.44. The van der Waals surface area contributed by atoms with Crippen LogP contribution in [0.15, 0.2) is 52.1 Å². The van der Waals surface area contributed by atoms with Crippen LogP contribution in [0.4, 0.5) is 5.69 Å². The average Bonchev–Trinajstić information content (AvgIpc) is 3.01. The Morgan fingerprint density at radius 3 is 2.52 bits per heavy atom. The van der Waals surface area contributed by atoms with E-state index in [1.54, 1.807) is 36.4 Å². The highest BCUT2D eigenvalue weighted by Crippen LogP contribution is 2.26. The lowest BCUT2D eigenvalue weighted by Crippen LogP contribution is -2.13. The zero-order valence-electron chi connectivity index (χ0n) is 12.5. The molecule has 0 aliphatic carbocycles. The van der Waals surface area contributed by atoms with Gasteiger partial charge in [-0.1, -0.05) is 52.6 Å². The molecule has 0 radical (unpaired) electrons. The second kappa shape index (κ2) is 8.10. The van der Waals surface area contributed by atoms with Crippen molar-refractivity contribution in [2.45, 2.75) is 5.22 Å². The van der Waals surface area contributed by atoms with Gasteiger partial charge in [0.25, 0.3) is 5.22 Å². The predicted octanol–water partition coefficient (Wildman–Crippen LogP) is 5.43. The molecule has 3 rings (SSSR count). The molecule has 1 heterocycles. The Bertz CT molecular complexity index is 897. The largest absolute Gasteiger partial charge is 0.411 e. The molecule has 1 aromatic heterocycles. The highest BCUT2D eigenvalue weighted by Gasteiger charge is 2.12. The van der Waals surface area contributed by atoms with Gasteiger partial charge in [0.15, 0.2) is 0 Å². The van der Waals surface area contributed by atoms with Crippen molar-refractivity contribution in [2.75, 3.05) is 11.1 Å². The Balaban J connectivity index is 1.59. The lowest BCUT2D eigenvalue weighted by atomic mass is 10.2. The Kier molecular flexibility index (Phi) is 5.86. The van der Waals surface area contributed by atoms with Crippen LogP contribution in [0.1, 0.15) is 0 Å². The fourth-order valence-corrected chi connectivity index (χ4v) is 3.24. The molecule has 0 aliphatic heterocycles. The van der Waals surface area contributed by atoms with Crippen molar-refractivity contribution >= 4 is 58.2 Å². The first kappa shape index (κ1) is 18.1. The van der Waals surface area contributed by atoms with Crippen molar-refractivity contribution in [3.63, 3.8) is 0 Å². The third kappa shape index (κ3) is 5.12. The number of aromatic nitrogens is 2. The van der Waals surface area contributed by atoms with Crippen molar-refractivity contribution in [3.05, 3.63) is 57.5 Å². The number of thioether (sulfide) groups is 1. The summed E-state index contributed by atoms with van der Waals surface area (Å²) in [5.74, 6) is 0.194. The summed E-state index contributed by atoms with van der Waals surface area (Å²) in [6.07, 6.45) is 0. The van der Waals surface area contributed by atoms with Crippen LogP contribution in [0.5, 0.6) is 0 Å². The maximum absolute atomic E-state index is 12.0. The minimum Gasteiger partial charge on any atom is -0.411 e. The lowest BCUT2D eigenvalue weighted by Gasteiger charge is -2.05. The van der Waals surface area contributed by atoms with Gasteiger partial charge in [-0.3, -0.25) is 4.79 Å². The van der Waals surface area contributed by atoms with Crippen molar-refractivity contribution in [3.8, 4) is 11.5 Å². The molecule has 25 heavy (non-hydrogen) atoms. The molecule has 0 atom stereocenters. The first-order chi connectivity index (χ1) is 12.0. The van der Waals surface area contributed by atoms with Gasteiger partial charge in [0.2, 0.25) is 11.8 Å². The number of hydrogen-bond donors (Lipinski definition) is 1. The van der Waals surface area contributed by atoms with Gasteiger partial charge in [-0.05, 0) is 36.4 Å². The molecule has 9 heteroatoms. The molecule has 0 saturated carbocycles. The second-order valence-electron chi connectivity index (χ2n) is 4.88. The Morgan fingerprint density at radius 1 is 1.04 bits per heavy atom. The number of nitrogens with zero attached hydrogens (tertiary/aromatic N) is 2. The monoisotopic (exact) mass is 413 g/mol. The average molecular weight is 415 g/mol. The molecule has 1 amide bonds. The van der Waals surface area contributed by atoms with Gasteiger partial charge in [0.05, 0.1) is 5.75 Å². The summed E-state index contributed by atoms with van der Waals surface area (Å²) in [4.78, 5) is 12.0. The number of amides is 1. The fourth-order valence-electron chi connectivity index (χ4n) is 1.96. The zero-order valence-corrected chi connectivity index (χ0v) is 15.6. The van der Waals surface area contributed by atoms with Crippen LogP contribution in [0.25, 0.3) is 11.5 Å². The summed E-state index contributed by atoms with van der Waals surface area (Å²) in [5.41, 5.74) is 1.23. The van der Waals surface area contributed by atoms with Crippen molar-refractivity contribution in [1.29, 1.82) is 0 Å². The van der Waals surface area contributed by atoms with E-state index in [1.165, 1.54) is 0 Å². The van der Waals surface area contributed by atoms with E-state index < -0.39 is 0 Å². The van der Waals surface area contributed by atoms with Gasteiger partial charge >= 0.3 is 0 Å². The van der Waals surface area contributed by atoms with Crippen molar-refractivity contribution < 1.29 is 9.21 Å². The molecule has 0 saturated heterocycles. The molecule has 0 unspecified atom stereocenters. The van der Waals surface area contributed by atoms with Gasteiger partial charge in [0.1, 0.15) is 0 Å². The van der Waals surface area contributed by atoms with E-state index in [4.69, 9.17) is 39.2 Å². The normalized spacial score (nSPS) is 10.7. The van der Waals surface area contributed by atoms with E-state index >= 15 is 0 Å². The van der Waals surface area contributed by atoms with Gasteiger partial charge in [-0.2, -0.15) is 0 Å². The van der Waals surface area contributed by atoms with E-state index in [-0.39, 0.29) is 16.9 Å². The maximum atomic E-state index is 12.0. The van der Waals surface area contributed by atoms with Crippen LogP contribution < -0.4 is 5.32 Å². The van der Waals surface area contributed by atoms with Gasteiger partial charge in [-0.15, -0.1) is 10.2 Å². The molecule has 0 spiro atoms. The molecular weight excluding hydrogens is 405 g/mol. The summed E-state index contributed by atoms with van der Waals surface area (Å²) in [6.45, 7) is 0. The molecule has 0 aliphatic rings. The van der Waals surface area contributed by atoms with E-state index in [1.807, 2.05) is 6.07 Å². The number of anilines is 1. The third-order valence-electron chi connectivity index (χ3n) is 2.95. The molecule has 0 bridgehead atoms. The van der Waals surface area contributed by atoms with Gasteiger partial charge in [0, 0.05) is 26.3 Å². The SMILES string of the molecule is O=C(CSc1nnc(-c2cccc(Cl)c2)o1)Nc1cc(Cl)cc(Cl)c1. The molecule has 3 aromatic rings. The molecular formula is C16H10Cl3N3O2S. The Morgan fingerprint density at radius 2 is 1.80 bits per heavy atom. The Labute approximate surface area is 162 Å². The summed E-state index contributed by atoms with van der Waals surface area (Å²) in [6, 6.07) is 11.9. The van der Waals surface area contributed by atoms with Gasteiger partial charge in [-0.25, -0.2) is 0 Å². The van der Waals surface area contributed by atoms with Crippen LogP contribution in [0.3, 0.4) is 0 Å². The first-order valence-corrected chi connectivity index (χ1v) is 9.10. The van der Waals surface area contributed by atoms with Crippen LogP contribution in [-0.4, -0.2) is 21.9 Å². The van der Waals surface area contributed by atoms with Gasteiger partial charge < -0.3 is 9.73 Å². The van der Waals surface area contributed by atoms with E-state index in [2.05, 4.69) is 15.5 Å². The number of benzene rings is 2. The Hall–Kier alpha value is -1.73. The number of carbonyl (C=O) groups is 1. The molecule has 5 nitrogen and oxygen atoms in total. The number of halogens is 3. The standard InChI is InChI=1S/C16H10Cl3N3O2S/c17-10-3-1-2-9(4-10)15-21-22-16(24-15)25-8-14(23)20-13-6-11(18)5-12(19)7-13/h1-7H,8H2,(H,20,23). The smallest absolute Gasteiger partial charge is 0.277 e. The number of hydrogen-bond acceptors (Lipinski definition) is 5. The van der Waals surface area contributed by atoms with E-state index in [0.717, 1.165) is 11.8 Å². The molecule has 128 valence electrons. The van der Waals surface area contributed by atoms with Crippen LogP contribution in [0, 0.1) is 0 Å². The number of nitrogens with one attached hydrogen (secondary N) is 1. The van der Waals surface area contributed by atoms with E-state index in [0.29, 0.717) is 32.2 Å². The minimum atomic E-state index is -0.245. The van der Waals surface area contributed by atoms with E-state index in [9.17, 15) is 4.79 Å². The minimum absolute atomic E-state index is 0.0985. The summed E-state index contributed by atoms with van der Waals surface area (Å²) < 4.78 is 5.52. The fraction of sp³-hybridized carbons (Fsp3) is 0.0625. The molecule has 2 aromatic carbocycles. The summed E-state index contributed by atoms with van der Waals surface area (Å²) >= 11 is 18.9. The van der Waals surface area contributed by atoms with Crippen LogP contribution in [0.2, 0.25) is 15.1 Å². The quantitative estimate of drug-likeness (QED) is 0.564. The van der Waals surface area contributed by atoms with Crippen molar-refractivity contribution in [2.24, 2.45) is 0 Å². The highest BCUT2D eigenvalue weighted by molar-refractivity contribution is 7.99. The van der Waals surface area contributed by atoms with Crippen molar-refractivity contribution in [1.82, 2.24) is 10.2 Å². The summed E-state index contributed by atoms with van der Waals surface area (Å²) in [5, 5.41) is 12.3. The van der Waals surface area contributed by atoms with Crippen LogP contribution in [-0.2, 0) is 4.79 Å². The first-order valence-electron chi connectivity index (χ1n) is 6.98. The highest BCUT2D eigenvalue weighted by atomic mass is 35.5. The lowest BCUT2D eigenvalue weighted by molar-refractivity contribution is -0.113. The zero-order chi connectivity index (χ0) is 17.8. The number of carbonyl (C=O) groups excluding carboxylic acids is 1. The molecule has 1 N–H and O–H groups in total. The second-order valence-corrected chi connectivity index (χ2v) is 7.11. The predicted molar refractivity (Wildman–Crippen MR) is 101 cm³/mol. The molecule has 0 fully saturated rings.